The van der Waals surface area contributed by atoms with Crippen LogP contribution in [0.2, 0.25) is 0 Å². The summed E-state index contributed by atoms with van der Waals surface area (Å²) < 4.78 is 9.66. The van der Waals surface area contributed by atoms with Gasteiger partial charge < -0.3 is 19.5 Å². The molecule has 0 aliphatic rings. The quantitative estimate of drug-likeness (QED) is 0.800. The number of hydrogen-bond acceptors (Lipinski definition) is 6. The zero-order chi connectivity index (χ0) is 14.5. The fourth-order valence-corrected chi connectivity index (χ4v) is 1.75. The first kappa shape index (κ1) is 14.2. The van der Waals surface area contributed by atoms with Gasteiger partial charge in [0.05, 0.1) is 12.8 Å². The lowest BCUT2D eigenvalue weighted by atomic mass is 10.0. The summed E-state index contributed by atoms with van der Waals surface area (Å²) in [5, 5.41) is 23.2. The van der Waals surface area contributed by atoms with E-state index in [1.807, 2.05) is 0 Å². The van der Waals surface area contributed by atoms with Gasteiger partial charge in [0.2, 0.25) is 0 Å². The van der Waals surface area contributed by atoms with Crippen molar-refractivity contribution in [3.8, 4) is 11.3 Å². The van der Waals surface area contributed by atoms with Gasteiger partial charge in [0.15, 0.2) is 11.9 Å². The van der Waals surface area contributed by atoms with Gasteiger partial charge in [-0.3, -0.25) is 0 Å². The maximum atomic E-state index is 11.4. The predicted octanol–water partition coefficient (Wildman–Crippen LogP) is 1.30. The van der Waals surface area contributed by atoms with Gasteiger partial charge in [-0.15, -0.1) is 0 Å². The Balaban J connectivity index is 2.11. The summed E-state index contributed by atoms with van der Waals surface area (Å²) in [5.41, 5.74) is 1.19. The van der Waals surface area contributed by atoms with Crippen molar-refractivity contribution in [3.63, 3.8) is 0 Å². The molecule has 1 aromatic heterocycles. The number of aliphatic hydroxyl groups is 2. The van der Waals surface area contributed by atoms with Gasteiger partial charge in [0.25, 0.3) is 0 Å². The van der Waals surface area contributed by atoms with Gasteiger partial charge in [0.1, 0.15) is 6.10 Å². The van der Waals surface area contributed by atoms with E-state index in [9.17, 15) is 15.0 Å². The summed E-state index contributed by atoms with van der Waals surface area (Å²) in [4.78, 5) is 11.4. The topological polar surface area (TPSA) is 92.8 Å². The molecule has 1 aromatic carbocycles. The van der Waals surface area contributed by atoms with Crippen LogP contribution in [-0.2, 0) is 9.53 Å². The lowest BCUT2D eigenvalue weighted by Gasteiger charge is -2.16. The Bertz CT molecular complexity index is 549. The Morgan fingerprint density at radius 2 is 2.00 bits per heavy atom. The number of carbonyl (C=O) groups excluding carboxylic acids is 1. The van der Waals surface area contributed by atoms with Crippen molar-refractivity contribution in [3.05, 3.63) is 42.1 Å². The van der Waals surface area contributed by atoms with Gasteiger partial charge in [-0.1, -0.05) is 29.4 Å². The van der Waals surface area contributed by atoms with Crippen molar-refractivity contribution < 1.29 is 24.3 Å². The molecule has 1 heterocycles. The SMILES string of the molecule is CCOC(=O)C(O)C(O)c1ccc(-c2ccno2)cc1. The highest BCUT2D eigenvalue weighted by Crippen LogP contribution is 2.23. The predicted molar refractivity (Wildman–Crippen MR) is 69.5 cm³/mol. The molecule has 0 aliphatic carbocycles. The third kappa shape index (κ3) is 3.04. The molecule has 2 unspecified atom stereocenters. The minimum Gasteiger partial charge on any atom is -0.464 e. The molecule has 2 rings (SSSR count). The van der Waals surface area contributed by atoms with Crippen LogP contribution >= 0.6 is 0 Å². The third-order valence-corrected chi connectivity index (χ3v) is 2.80. The molecule has 2 atom stereocenters. The van der Waals surface area contributed by atoms with Crippen molar-refractivity contribution in [2.75, 3.05) is 6.61 Å². The summed E-state index contributed by atoms with van der Waals surface area (Å²) in [7, 11) is 0. The molecule has 0 saturated carbocycles. The Morgan fingerprint density at radius 1 is 1.30 bits per heavy atom. The summed E-state index contributed by atoms with van der Waals surface area (Å²) in [6.07, 6.45) is -1.41. The molecule has 0 spiro atoms. The van der Waals surface area contributed by atoms with E-state index in [4.69, 9.17) is 4.52 Å². The first-order chi connectivity index (χ1) is 9.63. The average molecular weight is 277 g/mol. The van der Waals surface area contributed by atoms with E-state index in [0.29, 0.717) is 11.3 Å². The number of esters is 1. The van der Waals surface area contributed by atoms with E-state index >= 15 is 0 Å². The van der Waals surface area contributed by atoms with Gasteiger partial charge in [0, 0.05) is 11.6 Å². The zero-order valence-corrected chi connectivity index (χ0v) is 10.9. The highest BCUT2D eigenvalue weighted by Gasteiger charge is 2.26. The number of hydrogen-bond donors (Lipinski definition) is 2. The van der Waals surface area contributed by atoms with E-state index < -0.39 is 18.2 Å². The van der Waals surface area contributed by atoms with Crippen molar-refractivity contribution in [2.45, 2.75) is 19.1 Å². The largest absolute Gasteiger partial charge is 0.464 e. The average Bonchev–Trinajstić information content (AvgIpc) is 3.00. The summed E-state index contributed by atoms with van der Waals surface area (Å²) in [6, 6.07) is 8.32. The van der Waals surface area contributed by atoms with Crippen molar-refractivity contribution >= 4 is 5.97 Å². The monoisotopic (exact) mass is 277 g/mol. The Hall–Kier alpha value is -2.18. The lowest BCUT2D eigenvalue weighted by Crippen LogP contribution is -2.29. The van der Waals surface area contributed by atoms with Crippen molar-refractivity contribution in [1.82, 2.24) is 5.16 Å². The molecule has 6 heteroatoms. The van der Waals surface area contributed by atoms with Crippen LogP contribution in [0, 0.1) is 0 Å². The molecule has 0 saturated heterocycles. The molecule has 0 fully saturated rings. The first-order valence-corrected chi connectivity index (χ1v) is 6.17. The van der Waals surface area contributed by atoms with E-state index in [0.717, 1.165) is 5.56 Å². The standard InChI is InChI=1S/C14H15NO5/c1-2-19-14(18)13(17)12(16)10-5-3-9(4-6-10)11-7-8-15-20-11/h3-8,12-13,16-17H,2H2,1H3. The minimum atomic E-state index is -1.61. The molecule has 6 nitrogen and oxygen atoms in total. The van der Waals surface area contributed by atoms with Crippen LogP contribution in [0.3, 0.4) is 0 Å². The molecule has 2 N–H and O–H groups in total. The molecule has 0 aliphatic heterocycles. The second kappa shape index (κ2) is 6.31. The minimum absolute atomic E-state index is 0.146. The maximum absolute atomic E-state index is 11.4. The van der Waals surface area contributed by atoms with Crippen molar-refractivity contribution in [2.24, 2.45) is 0 Å². The van der Waals surface area contributed by atoms with Crippen LogP contribution in [0.4, 0.5) is 0 Å². The summed E-state index contributed by atoms with van der Waals surface area (Å²) >= 11 is 0. The Kier molecular flexibility index (Phi) is 4.49. The molecule has 0 bridgehead atoms. The van der Waals surface area contributed by atoms with Gasteiger partial charge >= 0.3 is 5.97 Å². The number of benzene rings is 1. The number of carbonyl (C=O) groups is 1. The summed E-state index contributed by atoms with van der Waals surface area (Å²) in [6.45, 7) is 1.77. The maximum Gasteiger partial charge on any atom is 0.338 e. The Morgan fingerprint density at radius 3 is 2.55 bits per heavy atom. The Labute approximate surface area is 115 Å². The van der Waals surface area contributed by atoms with Crippen LogP contribution in [-0.4, -0.2) is 34.0 Å². The molecule has 106 valence electrons. The van der Waals surface area contributed by atoms with Crippen LogP contribution in [0.5, 0.6) is 0 Å². The fourth-order valence-electron chi connectivity index (χ4n) is 1.75. The van der Waals surface area contributed by atoms with Crippen LogP contribution in [0.15, 0.2) is 41.1 Å². The van der Waals surface area contributed by atoms with Crippen LogP contribution in [0.25, 0.3) is 11.3 Å². The third-order valence-electron chi connectivity index (χ3n) is 2.80. The molecular weight excluding hydrogens is 262 g/mol. The number of ether oxygens (including phenoxy) is 1. The van der Waals surface area contributed by atoms with Crippen LogP contribution < -0.4 is 0 Å². The van der Waals surface area contributed by atoms with E-state index in [1.54, 1.807) is 37.3 Å². The van der Waals surface area contributed by atoms with Gasteiger partial charge in [-0.05, 0) is 12.5 Å². The second-order valence-electron chi connectivity index (χ2n) is 4.14. The van der Waals surface area contributed by atoms with E-state index in [1.165, 1.54) is 6.20 Å². The van der Waals surface area contributed by atoms with E-state index in [2.05, 4.69) is 9.89 Å². The molecule has 20 heavy (non-hydrogen) atoms. The normalized spacial score (nSPS) is 13.8. The van der Waals surface area contributed by atoms with Gasteiger partial charge in [-0.25, -0.2) is 4.79 Å². The first-order valence-electron chi connectivity index (χ1n) is 6.17. The summed E-state index contributed by atoms with van der Waals surface area (Å²) in [5.74, 6) is -0.253. The molecule has 0 radical (unpaired) electrons. The fraction of sp³-hybridized carbons (Fsp3) is 0.286. The highest BCUT2D eigenvalue weighted by molar-refractivity contribution is 5.75. The zero-order valence-electron chi connectivity index (χ0n) is 10.9. The number of nitrogens with zero attached hydrogens (tertiary/aromatic N) is 1. The van der Waals surface area contributed by atoms with Crippen molar-refractivity contribution in [1.29, 1.82) is 0 Å². The number of aliphatic hydroxyl groups excluding tert-OH is 2. The second-order valence-corrected chi connectivity index (χ2v) is 4.14. The van der Waals surface area contributed by atoms with Crippen LogP contribution in [0.1, 0.15) is 18.6 Å². The van der Waals surface area contributed by atoms with Gasteiger partial charge in [-0.2, -0.15) is 0 Å². The molecule has 0 amide bonds. The number of rotatable bonds is 5. The molecular formula is C14H15NO5. The highest BCUT2D eigenvalue weighted by atomic mass is 16.5. The molecule has 2 aromatic rings. The number of aromatic nitrogens is 1. The van der Waals surface area contributed by atoms with E-state index in [-0.39, 0.29) is 6.61 Å². The smallest absolute Gasteiger partial charge is 0.338 e. The lowest BCUT2D eigenvalue weighted by molar-refractivity contribution is -0.159.